The van der Waals surface area contributed by atoms with Crippen LogP contribution >= 0.6 is 0 Å². The molecule has 0 aliphatic carbocycles. The first kappa shape index (κ1) is 23.0. The molecule has 0 unspecified atom stereocenters. The van der Waals surface area contributed by atoms with Gasteiger partial charge in [-0.2, -0.15) is 0 Å². The van der Waals surface area contributed by atoms with E-state index in [9.17, 15) is 8.42 Å². The van der Waals surface area contributed by atoms with Gasteiger partial charge in [-0.3, -0.25) is 4.98 Å². The lowest BCUT2D eigenvalue weighted by Crippen LogP contribution is -2.41. The van der Waals surface area contributed by atoms with Crippen LogP contribution in [0.5, 0.6) is 0 Å². The minimum Gasteiger partial charge on any atom is -0.399 e. The summed E-state index contributed by atoms with van der Waals surface area (Å²) in [5, 5.41) is 0.901. The largest absolute Gasteiger partial charge is 0.494 e. The number of aromatic nitrogens is 1. The van der Waals surface area contributed by atoms with Gasteiger partial charge in [0.05, 0.1) is 21.5 Å². The third kappa shape index (κ3) is 3.76. The molecule has 2 heterocycles. The van der Waals surface area contributed by atoms with Gasteiger partial charge in [-0.05, 0) is 76.3 Å². The van der Waals surface area contributed by atoms with E-state index in [0.717, 1.165) is 33.1 Å². The Labute approximate surface area is 191 Å². The highest BCUT2D eigenvalue weighted by Gasteiger charge is 2.51. The fraction of sp³-hybridized carbons (Fsp3) is 0.400. The third-order valence-electron chi connectivity index (χ3n) is 7.05. The van der Waals surface area contributed by atoms with Crippen molar-refractivity contribution in [3.05, 3.63) is 60.3 Å². The molecule has 1 fully saturated rings. The second-order valence-corrected chi connectivity index (χ2v) is 12.7. The highest BCUT2D eigenvalue weighted by atomic mass is 32.2. The van der Waals surface area contributed by atoms with Crippen molar-refractivity contribution < 1.29 is 17.7 Å². The second kappa shape index (κ2) is 7.40. The average molecular weight is 451 g/mol. The zero-order valence-corrected chi connectivity index (χ0v) is 20.6. The number of pyridine rings is 1. The Balaban J connectivity index is 1.87. The van der Waals surface area contributed by atoms with Crippen molar-refractivity contribution in [1.29, 1.82) is 0 Å². The van der Waals surface area contributed by atoms with Gasteiger partial charge < -0.3 is 9.31 Å². The van der Waals surface area contributed by atoms with Crippen LogP contribution in [0.2, 0.25) is 0 Å². The average Bonchev–Trinajstić information content (AvgIpc) is 2.93. The fourth-order valence-electron chi connectivity index (χ4n) is 3.81. The van der Waals surface area contributed by atoms with Crippen molar-refractivity contribution in [2.24, 2.45) is 0 Å². The van der Waals surface area contributed by atoms with E-state index in [1.807, 2.05) is 76.2 Å². The lowest BCUT2D eigenvalue weighted by atomic mass is 9.77. The van der Waals surface area contributed by atoms with Crippen molar-refractivity contribution in [1.82, 2.24) is 4.98 Å². The monoisotopic (exact) mass is 451 g/mol. The van der Waals surface area contributed by atoms with E-state index >= 15 is 0 Å². The topological polar surface area (TPSA) is 65.5 Å². The molecule has 1 saturated heterocycles. The molecule has 4 rings (SSSR count). The Hall–Kier alpha value is -2.22. The Morgan fingerprint density at radius 1 is 0.938 bits per heavy atom. The normalized spacial score (nSPS) is 18.3. The van der Waals surface area contributed by atoms with Gasteiger partial charge >= 0.3 is 7.12 Å². The molecule has 0 atom stereocenters. The molecule has 0 bridgehead atoms. The summed E-state index contributed by atoms with van der Waals surface area (Å²) in [5.41, 5.74) is 3.43. The predicted octanol–water partition coefficient (Wildman–Crippen LogP) is 4.48. The highest BCUT2D eigenvalue weighted by molar-refractivity contribution is 7.91. The van der Waals surface area contributed by atoms with Crippen molar-refractivity contribution in [2.45, 2.75) is 57.5 Å². The maximum absolute atomic E-state index is 12.5. The quantitative estimate of drug-likeness (QED) is 0.548. The minimum atomic E-state index is -3.33. The first-order valence-electron chi connectivity index (χ1n) is 10.8. The van der Waals surface area contributed by atoms with E-state index in [4.69, 9.17) is 9.31 Å². The van der Waals surface area contributed by atoms with Crippen LogP contribution in [0.3, 0.4) is 0 Å². The fourth-order valence-corrected chi connectivity index (χ4v) is 4.35. The van der Waals surface area contributed by atoms with Crippen LogP contribution in [-0.4, -0.2) is 38.0 Å². The molecule has 7 heteroatoms. The van der Waals surface area contributed by atoms with E-state index in [2.05, 4.69) is 4.98 Å². The number of hydrogen-bond acceptors (Lipinski definition) is 5. The Morgan fingerprint density at radius 2 is 1.59 bits per heavy atom. The summed E-state index contributed by atoms with van der Waals surface area (Å²) in [7, 11) is -3.81. The number of nitrogens with zero attached hydrogens (tertiary/aromatic N) is 1. The number of benzene rings is 2. The van der Waals surface area contributed by atoms with Crippen molar-refractivity contribution >= 4 is 33.3 Å². The van der Waals surface area contributed by atoms with Crippen molar-refractivity contribution in [2.75, 3.05) is 6.26 Å². The van der Waals surface area contributed by atoms with Crippen LogP contribution in [0.4, 0.5) is 0 Å². The molecule has 0 N–H and O–H groups in total. The Bertz CT molecular complexity index is 1280. The van der Waals surface area contributed by atoms with E-state index in [1.54, 1.807) is 20.0 Å². The summed E-state index contributed by atoms with van der Waals surface area (Å²) in [4.78, 5) is 4.60. The number of sulfone groups is 1. The Kier molecular flexibility index (Phi) is 5.31. The zero-order valence-electron chi connectivity index (χ0n) is 19.8. The van der Waals surface area contributed by atoms with Crippen LogP contribution < -0.4 is 5.46 Å². The van der Waals surface area contributed by atoms with Crippen molar-refractivity contribution in [3.8, 4) is 11.1 Å². The molecule has 0 saturated carbocycles. The summed E-state index contributed by atoms with van der Waals surface area (Å²) < 4.78 is 36.5. The van der Waals surface area contributed by atoms with Gasteiger partial charge in [0, 0.05) is 23.4 Å². The maximum Gasteiger partial charge on any atom is 0.494 e. The number of fused-ring (bicyclic) bond motifs is 1. The van der Waals surface area contributed by atoms with E-state index in [1.165, 1.54) is 6.26 Å². The molecule has 1 aliphatic heterocycles. The van der Waals surface area contributed by atoms with Gasteiger partial charge in [-0.15, -0.1) is 0 Å². The smallest absolute Gasteiger partial charge is 0.399 e. The first-order chi connectivity index (χ1) is 14.7. The van der Waals surface area contributed by atoms with E-state index < -0.39 is 32.9 Å². The van der Waals surface area contributed by atoms with E-state index in [0.29, 0.717) is 0 Å². The summed E-state index contributed by atoms with van der Waals surface area (Å²) in [6, 6.07) is 15.7. The third-order valence-corrected chi connectivity index (χ3v) is 9.14. The molecule has 2 aromatic carbocycles. The van der Waals surface area contributed by atoms with Crippen LogP contribution in [0.25, 0.3) is 22.0 Å². The molecule has 168 valence electrons. The van der Waals surface area contributed by atoms with Gasteiger partial charge in [-0.1, -0.05) is 30.3 Å². The molecule has 0 amide bonds. The standard InChI is InChI=1S/C25H30BNO4S/c1-23(2,32(7,28)29)19-14-18-11-9-13-27-22(18)21(16-19)17-10-8-12-20(15-17)26-30-24(3,4)25(5,6)31-26/h8-16H,1-7H3. The predicted molar refractivity (Wildman–Crippen MR) is 131 cm³/mol. The summed E-state index contributed by atoms with van der Waals surface area (Å²) >= 11 is 0. The first-order valence-corrected chi connectivity index (χ1v) is 12.7. The maximum atomic E-state index is 12.5. The van der Waals surface area contributed by atoms with Crippen LogP contribution in [-0.2, 0) is 23.9 Å². The second-order valence-electron chi connectivity index (χ2n) is 10.1. The van der Waals surface area contributed by atoms with Crippen LogP contribution in [0.1, 0.15) is 47.1 Å². The van der Waals surface area contributed by atoms with Crippen molar-refractivity contribution in [3.63, 3.8) is 0 Å². The Morgan fingerprint density at radius 3 is 2.22 bits per heavy atom. The van der Waals surface area contributed by atoms with Crippen LogP contribution in [0, 0.1) is 0 Å². The summed E-state index contributed by atoms with van der Waals surface area (Å²) in [6.07, 6.45) is 3.03. The summed E-state index contributed by atoms with van der Waals surface area (Å²) in [5.74, 6) is 0. The van der Waals surface area contributed by atoms with Gasteiger partial charge in [0.15, 0.2) is 9.84 Å². The molecule has 32 heavy (non-hydrogen) atoms. The zero-order chi connectivity index (χ0) is 23.5. The molecule has 5 nitrogen and oxygen atoms in total. The van der Waals surface area contributed by atoms with Crippen LogP contribution in [0.15, 0.2) is 54.7 Å². The van der Waals surface area contributed by atoms with Gasteiger partial charge in [0.25, 0.3) is 0 Å². The number of hydrogen-bond donors (Lipinski definition) is 0. The molecule has 1 aliphatic rings. The lowest BCUT2D eigenvalue weighted by Gasteiger charge is -2.32. The SMILES string of the molecule is CC1(C)OB(c2cccc(-c3cc(C(C)(C)S(C)(=O)=O)cc4cccnc34)c2)OC1(C)C. The molecule has 1 aromatic heterocycles. The van der Waals surface area contributed by atoms with Gasteiger partial charge in [-0.25, -0.2) is 8.42 Å². The summed E-state index contributed by atoms with van der Waals surface area (Å²) in [6.45, 7) is 11.6. The molecule has 3 aromatic rings. The number of rotatable bonds is 4. The molecular formula is C25H30BNO4S. The van der Waals surface area contributed by atoms with Gasteiger partial charge in [0.1, 0.15) is 0 Å². The molecule has 0 radical (unpaired) electrons. The highest BCUT2D eigenvalue weighted by Crippen LogP contribution is 2.38. The minimum absolute atomic E-state index is 0.429. The van der Waals surface area contributed by atoms with E-state index in [-0.39, 0.29) is 0 Å². The molecular weight excluding hydrogens is 421 g/mol. The lowest BCUT2D eigenvalue weighted by molar-refractivity contribution is 0.00578. The van der Waals surface area contributed by atoms with Gasteiger partial charge in [0.2, 0.25) is 0 Å². The molecule has 0 spiro atoms.